The monoisotopic (exact) mass is 262 g/mol. The van der Waals surface area contributed by atoms with Crippen LogP contribution in [0.25, 0.3) is 0 Å². The van der Waals surface area contributed by atoms with E-state index in [1.165, 1.54) is 0 Å². The maximum absolute atomic E-state index is 12.3. The normalized spacial score (nSPS) is 27.0. The van der Waals surface area contributed by atoms with Gasteiger partial charge in [0.2, 0.25) is 0 Å². The summed E-state index contributed by atoms with van der Waals surface area (Å²) in [6.45, 7) is 5.24. The van der Waals surface area contributed by atoms with E-state index in [-0.39, 0.29) is 24.6 Å². The van der Waals surface area contributed by atoms with Crippen molar-refractivity contribution < 1.29 is 9.90 Å². The molecule has 19 heavy (non-hydrogen) atoms. The molecule has 4 nitrogen and oxygen atoms in total. The van der Waals surface area contributed by atoms with Crippen molar-refractivity contribution in [1.29, 1.82) is 0 Å². The molecular weight excluding hydrogens is 240 g/mol. The molecule has 0 aromatic heterocycles. The van der Waals surface area contributed by atoms with Gasteiger partial charge in [-0.05, 0) is 43.5 Å². The minimum Gasteiger partial charge on any atom is -0.392 e. The topological polar surface area (TPSA) is 61.4 Å². The largest absolute Gasteiger partial charge is 0.392 e. The zero-order chi connectivity index (χ0) is 13.8. The van der Waals surface area contributed by atoms with E-state index in [2.05, 4.69) is 24.5 Å². The van der Waals surface area contributed by atoms with E-state index in [4.69, 9.17) is 5.11 Å². The van der Waals surface area contributed by atoms with Crippen molar-refractivity contribution in [3.8, 4) is 0 Å². The summed E-state index contributed by atoms with van der Waals surface area (Å²) < 4.78 is 0. The maximum Gasteiger partial charge on any atom is 0.251 e. The first-order valence-electron chi connectivity index (χ1n) is 6.86. The predicted octanol–water partition coefficient (Wildman–Crippen LogP) is 1.30. The molecule has 2 rings (SSSR count). The summed E-state index contributed by atoms with van der Waals surface area (Å²) in [7, 11) is 0. The van der Waals surface area contributed by atoms with E-state index in [9.17, 15) is 4.79 Å². The zero-order valence-corrected chi connectivity index (χ0v) is 11.5. The molecule has 0 saturated carbocycles. The molecule has 1 aromatic carbocycles. The second kappa shape index (κ2) is 6.17. The standard InChI is InChI=1S/C15H22N2O2/c1-10-6-7-16-11(2)14(10)17-15(19)13-5-3-4-12(8-13)9-18/h3-5,8,10-11,14,16,18H,6-7,9H2,1-2H3,(H,17,19)/t10-,11-,14-/m1/s1. The van der Waals surface area contributed by atoms with Crippen LogP contribution >= 0.6 is 0 Å². The van der Waals surface area contributed by atoms with Gasteiger partial charge in [-0.2, -0.15) is 0 Å². The zero-order valence-electron chi connectivity index (χ0n) is 11.5. The number of piperidine rings is 1. The number of rotatable bonds is 3. The van der Waals surface area contributed by atoms with Gasteiger partial charge in [-0.25, -0.2) is 0 Å². The van der Waals surface area contributed by atoms with E-state index >= 15 is 0 Å². The Morgan fingerprint density at radius 2 is 2.26 bits per heavy atom. The number of aliphatic hydroxyl groups excluding tert-OH is 1. The summed E-state index contributed by atoms with van der Waals surface area (Å²) in [4.78, 5) is 12.3. The minimum atomic E-state index is -0.0669. The summed E-state index contributed by atoms with van der Waals surface area (Å²) in [5.41, 5.74) is 1.37. The van der Waals surface area contributed by atoms with Crippen LogP contribution in [0.2, 0.25) is 0 Å². The van der Waals surface area contributed by atoms with Gasteiger partial charge < -0.3 is 15.7 Å². The van der Waals surface area contributed by atoms with E-state index in [1.807, 2.05) is 6.07 Å². The Morgan fingerprint density at radius 1 is 1.47 bits per heavy atom. The van der Waals surface area contributed by atoms with Gasteiger partial charge in [0.1, 0.15) is 0 Å². The Morgan fingerprint density at radius 3 is 2.95 bits per heavy atom. The van der Waals surface area contributed by atoms with Crippen molar-refractivity contribution >= 4 is 5.91 Å². The van der Waals surface area contributed by atoms with Gasteiger partial charge in [0, 0.05) is 17.6 Å². The summed E-state index contributed by atoms with van der Waals surface area (Å²) in [6, 6.07) is 7.56. The number of hydrogen-bond acceptors (Lipinski definition) is 3. The van der Waals surface area contributed by atoms with Crippen LogP contribution in [-0.2, 0) is 6.61 Å². The molecule has 0 spiro atoms. The molecule has 4 heteroatoms. The van der Waals surface area contributed by atoms with Gasteiger partial charge in [-0.1, -0.05) is 19.1 Å². The molecule has 0 radical (unpaired) electrons. The Kier molecular flexibility index (Phi) is 4.56. The van der Waals surface area contributed by atoms with E-state index in [1.54, 1.807) is 18.2 Å². The van der Waals surface area contributed by atoms with Crippen molar-refractivity contribution in [2.24, 2.45) is 5.92 Å². The van der Waals surface area contributed by atoms with Crippen molar-refractivity contribution in [2.75, 3.05) is 6.54 Å². The van der Waals surface area contributed by atoms with E-state index < -0.39 is 0 Å². The SMILES string of the molecule is C[C@@H]1CCN[C@H](C)[C@@H]1NC(=O)c1cccc(CO)c1. The molecule has 0 bridgehead atoms. The average molecular weight is 262 g/mol. The molecule has 1 fully saturated rings. The fraction of sp³-hybridized carbons (Fsp3) is 0.533. The molecule has 1 aromatic rings. The third-order valence-electron chi connectivity index (χ3n) is 3.89. The number of hydrogen-bond donors (Lipinski definition) is 3. The van der Waals surface area contributed by atoms with Gasteiger partial charge in [0.25, 0.3) is 5.91 Å². The predicted molar refractivity (Wildman–Crippen MR) is 74.9 cm³/mol. The molecule has 1 saturated heterocycles. The smallest absolute Gasteiger partial charge is 0.251 e. The summed E-state index contributed by atoms with van der Waals surface area (Å²) in [6.07, 6.45) is 1.08. The highest BCUT2D eigenvalue weighted by molar-refractivity contribution is 5.94. The number of carbonyl (C=O) groups is 1. The third-order valence-corrected chi connectivity index (χ3v) is 3.89. The van der Waals surface area contributed by atoms with Crippen LogP contribution in [-0.4, -0.2) is 29.6 Å². The van der Waals surface area contributed by atoms with Crippen LogP contribution in [0.1, 0.15) is 36.2 Å². The third kappa shape index (κ3) is 3.33. The number of amides is 1. The summed E-state index contributed by atoms with van der Waals surface area (Å²) >= 11 is 0. The molecule has 3 atom stereocenters. The Hall–Kier alpha value is -1.39. The van der Waals surface area contributed by atoms with E-state index in [0.717, 1.165) is 18.5 Å². The van der Waals surface area contributed by atoms with Gasteiger partial charge in [0.15, 0.2) is 0 Å². The number of carbonyl (C=O) groups excluding carboxylic acids is 1. The number of benzene rings is 1. The molecule has 1 aliphatic rings. The molecule has 0 unspecified atom stereocenters. The van der Waals surface area contributed by atoms with Crippen molar-refractivity contribution in [2.45, 2.75) is 39.0 Å². The fourth-order valence-corrected chi connectivity index (χ4v) is 2.65. The fourth-order valence-electron chi connectivity index (χ4n) is 2.65. The molecule has 1 amide bonds. The van der Waals surface area contributed by atoms with Gasteiger partial charge in [0.05, 0.1) is 6.61 Å². The molecule has 3 N–H and O–H groups in total. The quantitative estimate of drug-likeness (QED) is 0.769. The Balaban J connectivity index is 2.07. The lowest BCUT2D eigenvalue weighted by Crippen LogP contribution is -2.55. The molecular formula is C15H22N2O2. The van der Waals surface area contributed by atoms with Gasteiger partial charge >= 0.3 is 0 Å². The molecule has 1 aliphatic heterocycles. The first-order valence-corrected chi connectivity index (χ1v) is 6.86. The average Bonchev–Trinajstić information content (AvgIpc) is 2.43. The van der Waals surface area contributed by atoms with Crippen LogP contribution < -0.4 is 10.6 Å². The summed E-state index contributed by atoms with van der Waals surface area (Å²) in [5.74, 6) is 0.406. The highest BCUT2D eigenvalue weighted by Crippen LogP contribution is 2.17. The Bertz CT molecular complexity index is 438. The maximum atomic E-state index is 12.3. The first-order chi connectivity index (χ1) is 9.11. The van der Waals surface area contributed by atoms with Crippen LogP contribution in [0.15, 0.2) is 24.3 Å². The van der Waals surface area contributed by atoms with Crippen molar-refractivity contribution in [3.05, 3.63) is 35.4 Å². The molecule has 0 aliphatic carbocycles. The molecule has 104 valence electrons. The second-order valence-corrected chi connectivity index (χ2v) is 5.37. The van der Waals surface area contributed by atoms with Crippen LogP contribution in [0, 0.1) is 5.92 Å². The van der Waals surface area contributed by atoms with Crippen LogP contribution in [0.5, 0.6) is 0 Å². The lowest BCUT2D eigenvalue weighted by Gasteiger charge is -2.36. The highest BCUT2D eigenvalue weighted by Gasteiger charge is 2.28. The minimum absolute atomic E-state index is 0.0427. The summed E-state index contributed by atoms with van der Waals surface area (Å²) in [5, 5.41) is 15.6. The lowest BCUT2D eigenvalue weighted by molar-refractivity contribution is 0.0897. The van der Waals surface area contributed by atoms with Gasteiger partial charge in [-0.3, -0.25) is 4.79 Å². The second-order valence-electron chi connectivity index (χ2n) is 5.37. The number of aliphatic hydroxyl groups is 1. The number of nitrogens with one attached hydrogen (secondary N) is 2. The Labute approximate surface area is 114 Å². The van der Waals surface area contributed by atoms with Crippen molar-refractivity contribution in [1.82, 2.24) is 10.6 Å². The van der Waals surface area contributed by atoms with Gasteiger partial charge in [-0.15, -0.1) is 0 Å². The van der Waals surface area contributed by atoms with Crippen LogP contribution in [0.3, 0.4) is 0 Å². The highest BCUT2D eigenvalue weighted by atomic mass is 16.3. The molecule has 1 heterocycles. The van der Waals surface area contributed by atoms with Crippen LogP contribution in [0.4, 0.5) is 0 Å². The first kappa shape index (κ1) is 14.0. The van der Waals surface area contributed by atoms with E-state index in [0.29, 0.717) is 11.5 Å². The van der Waals surface area contributed by atoms with Crippen molar-refractivity contribution in [3.63, 3.8) is 0 Å². The lowest BCUT2D eigenvalue weighted by atomic mass is 9.89.